The second-order valence-electron chi connectivity index (χ2n) is 5.26. The van der Waals surface area contributed by atoms with Crippen LogP contribution in [0.5, 0.6) is 0 Å². The van der Waals surface area contributed by atoms with E-state index in [1.165, 1.54) is 23.3 Å². The van der Waals surface area contributed by atoms with E-state index in [1.54, 1.807) is 29.4 Å². The van der Waals surface area contributed by atoms with Crippen molar-refractivity contribution in [3.8, 4) is 6.07 Å². The topological polar surface area (TPSA) is 44.1 Å². The molecule has 0 fully saturated rings. The van der Waals surface area contributed by atoms with Crippen molar-refractivity contribution in [2.45, 2.75) is 25.7 Å². The van der Waals surface area contributed by atoms with Gasteiger partial charge in [-0.25, -0.2) is 0 Å². The van der Waals surface area contributed by atoms with Gasteiger partial charge in [0, 0.05) is 11.9 Å². The minimum absolute atomic E-state index is 0.0305. The average Bonchev–Trinajstić information content (AvgIpc) is 2.97. The van der Waals surface area contributed by atoms with E-state index in [-0.39, 0.29) is 5.91 Å². The first kappa shape index (κ1) is 13.8. The van der Waals surface area contributed by atoms with Gasteiger partial charge in [-0.05, 0) is 49.4 Å². The Morgan fingerprint density at radius 2 is 2.05 bits per heavy atom. The van der Waals surface area contributed by atoms with Crippen molar-refractivity contribution in [1.82, 2.24) is 0 Å². The van der Waals surface area contributed by atoms with Gasteiger partial charge in [-0.3, -0.25) is 4.79 Å². The predicted octanol–water partition coefficient (Wildman–Crippen LogP) is 3.78. The molecule has 0 atom stereocenters. The van der Waals surface area contributed by atoms with Crippen LogP contribution in [0.25, 0.3) is 0 Å². The van der Waals surface area contributed by atoms with E-state index in [0.29, 0.717) is 11.3 Å². The monoisotopic (exact) mass is 296 g/mol. The number of para-hydroxylation sites is 1. The average molecular weight is 296 g/mol. The van der Waals surface area contributed by atoms with Crippen LogP contribution in [0.3, 0.4) is 0 Å². The molecule has 4 heteroatoms. The zero-order valence-corrected chi connectivity index (χ0v) is 12.7. The highest BCUT2D eigenvalue weighted by atomic mass is 32.1. The molecule has 1 heterocycles. The molecule has 0 spiro atoms. The molecule has 1 aliphatic rings. The molecule has 3 rings (SSSR count). The summed E-state index contributed by atoms with van der Waals surface area (Å²) in [5.41, 5.74) is 2.52. The predicted molar refractivity (Wildman–Crippen MR) is 84.9 cm³/mol. The van der Waals surface area contributed by atoms with Crippen LogP contribution in [0.2, 0.25) is 0 Å². The molecule has 106 valence electrons. The second kappa shape index (κ2) is 5.71. The smallest absolute Gasteiger partial charge is 0.268 e. The summed E-state index contributed by atoms with van der Waals surface area (Å²) in [7, 11) is 1.73. The van der Waals surface area contributed by atoms with Crippen LogP contribution in [0.1, 0.15) is 38.5 Å². The number of nitrogens with zero attached hydrogens (tertiary/aromatic N) is 2. The molecule has 0 N–H and O–H groups in total. The number of rotatable bonds is 2. The third-order valence-electron chi connectivity index (χ3n) is 3.90. The first-order valence-electron chi connectivity index (χ1n) is 7.09. The van der Waals surface area contributed by atoms with Gasteiger partial charge in [0.05, 0.1) is 16.1 Å². The number of aryl methyl sites for hydroxylation is 2. The fourth-order valence-electron chi connectivity index (χ4n) is 2.73. The zero-order valence-electron chi connectivity index (χ0n) is 11.9. The van der Waals surface area contributed by atoms with Crippen LogP contribution in [0, 0.1) is 11.3 Å². The van der Waals surface area contributed by atoms with Gasteiger partial charge < -0.3 is 4.90 Å². The van der Waals surface area contributed by atoms with Crippen LogP contribution in [0.15, 0.2) is 30.3 Å². The molecule has 0 unspecified atom stereocenters. The largest absolute Gasteiger partial charge is 0.309 e. The lowest BCUT2D eigenvalue weighted by atomic mass is 9.99. The summed E-state index contributed by atoms with van der Waals surface area (Å²) in [4.78, 5) is 16.4. The summed E-state index contributed by atoms with van der Waals surface area (Å²) in [6.07, 6.45) is 4.60. The molecule has 0 radical (unpaired) electrons. The maximum Gasteiger partial charge on any atom is 0.268 e. The van der Waals surface area contributed by atoms with Crippen LogP contribution >= 0.6 is 11.3 Å². The summed E-state index contributed by atoms with van der Waals surface area (Å²) in [6, 6.07) is 11.4. The third-order valence-corrected chi connectivity index (χ3v) is 5.12. The van der Waals surface area contributed by atoms with Gasteiger partial charge in [0.15, 0.2) is 0 Å². The maximum absolute atomic E-state index is 12.7. The lowest BCUT2D eigenvalue weighted by Gasteiger charge is -2.17. The number of hydrogen-bond donors (Lipinski definition) is 0. The van der Waals surface area contributed by atoms with Crippen molar-refractivity contribution in [2.24, 2.45) is 0 Å². The Hall–Kier alpha value is -2.12. The number of fused-ring (bicyclic) bond motifs is 1. The van der Waals surface area contributed by atoms with E-state index in [2.05, 4.69) is 6.07 Å². The second-order valence-corrected chi connectivity index (χ2v) is 6.40. The standard InChI is InChI=1S/C17H16N2OS/c1-19(14-8-4-2-7-13(14)11-18)17(20)16-10-12-6-3-5-9-15(12)21-16/h2,4,7-8,10H,3,5-6,9H2,1H3. The molecular formula is C17H16N2OS. The van der Waals surface area contributed by atoms with E-state index in [1.807, 2.05) is 24.3 Å². The van der Waals surface area contributed by atoms with Gasteiger partial charge in [-0.15, -0.1) is 11.3 Å². The van der Waals surface area contributed by atoms with Gasteiger partial charge >= 0.3 is 0 Å². The summed E-state index contributed by atoms with van der Waals surface area (Å²) in [5.74, 6) is -0.0305. The van der Waals surface area contributed by atoms with Gasteiger partial charge in [0.1, 0.15) is 6.07 Å². The number of anilines is 1. The SMILES string of the molecule is CN(C(=O)c1cc2c(s1)CCCC2)c1ccccc1C#N. The summed E-state index contributed by atoms with van der Waals surface area (Å²) in [6.45, 7) is 0. The zero-order chi connectivity index (χ0) is 14.8. The first-order chi connectivity index (χ1) is 10.2. The first-order valence-corrected chi connectivity index (χ1v) is 7.91. The fraction of sp³-hybridized carbons (Fsp3) is 0.294. The number of amides is 1. The number of benzene rings is 1. The number of carbonyl (C=O) groups is 1. The Labute approximate surface area is 128 Å². The van der Waals surface area contributed by atoms with Crippen molar-refractivity contribution in [1.29, 1.82) is 5.26 Å². The molecule has 0 saturated carbocycles. The normalized spacial score (nSPS) is 13.3. The van der Waals surface area contributed by atoms with Crippen LogP contribution in [-0.4, -0.2) is 13.0 Å². The summed E-state index contributed by atoms with van der Waals surface area (Å²) in [5, 5.41) is 9.17. The minimum atomic E-state index is -0.0305. The molecule has 1 aromatic carbocycles. The maximum atomic E-state index is 12.7. The van der Waals surface area contributed by atoms with Crippen LogP contribution in [-0.2, 0) is 12.8 Å². The van der Waals surface area contributed by atoms with Crippen molar-refractivity contribution < 1.29 is 4.79 Å². The van der Waals surface area contributed by atoms with Crippen LogP contribution in [0.4, 0.5) is 5.69 Å². The molecule has 1 amide bonds. The summed E-state index contributed by atoms with van der Waals surface area (Å²) < 4.78 is 0. The Morgan fingerprint density at radius 3 is 2.81 bits per heavy atom. The number of thiophene rings is 1. The number of carbonyl (C=O) groups excluding carboxylic acids is 1. The lowest BCUT2D eigenvalue weighted by molar-refractivity contribution is 0.0996. The van der Waals surface area contributed by atoms with Gasteiger partial charge in [-0.1, -0.05) is 12.1 Å². The molecule has 21 heavy (non-hydrogen) atoms. The molecular weight excluding hydrogens is 280 g/mol. The fourth-order valence-corrected chi connectivity index (χ4v) is 3.96. The van der Waals surface area contributed by atoms with E-state index >= 15 is 0 Å². The Bertz CT molecular complexity index is 703. The number of hydrogen-bond acceptors (Lipinski definition) is 3. The minimum Gasteiger partial charge on any atom is -0.309 e. The third kappa shape index (κ3) is 2.57. The molecule has 0 aliphatic heterocycles. The van der Waals surface area contributed by atoms with Crippen molar-refractivity contribution >= 4 is 22.9 Å². The van der Waals surface area contributed by atoms with E-state index in [0.717, 1.165) is 17.7 Å². The molecule has 3 nitrogen and oxygen atoms in total. The molecule has 2 aromatic rings. The van der Waals surface area contributed by atoms with Crippen LogP contribution < -0.4 is 4.90 Å². The Morgan fingerprint density at radius 1 is 1.29 bits per heavy atom. The quantitative estimate of drug-likeness (QED) is 0.846. The van der Waals surface area contributed by atoms with Crippen molar-refractivity contribution in [2.75, 3.05) is 11.9 Å². The highest BCUT2D eigenvalue weighted by Crippen LogP contribution is 2.31. The molecule has 0 saturated heterocycles. The van der Waals surface area contributed by atoms with Gasteiger partial charge in [-0.2, -0.15) is 5.26 Å². The van der Waals surface area contributed by atoms with E-state index in [9.17, 15) is 4.79 Å². The molecule has 1 aromatic heterocycles. The highest BCUT2D eigenvalue weighted by Gasteiger charge is 2.21. The Balaban J connectivity index is 1.91. The van der Waals surface area contributed by atoms with Crippen molar-refractivity contribution in [3.05, 3.63) is 51.2 Å². The Kier molecular flexibility index (Phi) is 3.76. The number of nitriles is 1. The highest BCUT2D eigenvalue weighted by molar-refractivity contribution is 7.14. The van der Waals surface area contributed by atoms with E-state index in [4.69, 9.17) is 5.26 Å². The van der Waals surface area contributed by atoms with Gasteiger partial charge in [0.25, 0.3) is 5.91 Å². The van der Waals surface area contributed by atoms with Gasteiger partial charge in [0.2, 0.25) is 0 Å². The lowest BCUT2D eigenvalue weighted by Crippen LogP contribution is -2.26. The van der Waals surface area contributed by atoms with E-state index < -0.39 is 0 Å². The molecule has 0 bridgehead atoms. The molecule has 1 aliphatic carbocycles. The van der Waals surface area contributed by atoms with Crippen molar-refractivity contribution in [3.63, 3.8) is 0 Å². The summed E-state index contributed by atoms with van der Waals surface area (Å²) >= 11 is 1.61.